The van der Waals surface area contributed by atoms with E-state index in [0.717, 1.165) is 5.56 Å². The van der Waals surface area contributed by atoms with Crippen LogP contribution in [0.1, 0.15) is 38.9 Å². The maximum atomic E-state index is 12.0. The van der Waals surface area contributed by atoms with Crippen molar-refractivity contribution in [2.45, 2.75) is 44.9 Å². The van der Waals surface area contributed by atoms with Gasteiger partial charge in [0.15, 0.2) is 0 Å². The number of carbonyl (C=O) groups excluding carboxylic acids is 1. The van der Waals surface area contributed by atoms with Crippen LogP contribution in [0.15, 0.2) is 42.5 Å². The van der Waals surface area contributed by atoms with E-state index in [0.29, 0.717) is 11.5 Å². The molecule has 5 heteroatoms. The maximum absolute atomic E-state index is 12.0. The normalized spacial score (nSPS) is 22.4. The van der Waals surface area contributed by atoms with Crippen molar-refractivity contribution < 1.29 is 19.8 Å². The standard InChI is InChI=1S/C17H23NO4/c1-17(2,3)22-16(20)18(21)14-11-7-10-13(14)15(19)12-8-5-4-6-9-12/h4-10,13-15,19,21H,11H2,1-3H3. The summed E-state index contributed by atoms with van der Waals surface area (Å²) in [6, 6.07) is 8.67. The molecular weight excluding hydrogens is 282 g/mol. The molecule has 0 saturated heterocycles. The van der Waals surface area contributed by atoms with E-state index in [4.69, 9.17) is 4.74 Å². The highest BCUT2D eigenvalue weighted by Crippen LogP contribution is 2.34. The Balaban J connectivity index is 2.09. The number of aliphatic hydroxyl groups excluding tert-OH is 1. The molecule has 0 aliphatic heterocycles. The van der Waals surface area contributed by atoms with Crippen LogP contribution in [0, 0.1) is 5.92 Å². The van der Waals surface area contributed by atoms with E-state index in [1.807, 2.05) is 42.5 Å². The Kier molecular flexibility index (Phi) is 4.88. The lowest BCUT2D eigenvalue weighted by Gasteiger charge is -2.31. The van der Waals surface area contributed by atoms with Gasteiger partial charge in [-0.3, -0.25) is 5.21 Å². The van der Waals surface area contributed by atoms with Crippen molar-refractivity contribution in [1.29, 1.82) is 0 Å². The van der Waals surface area contributed by atoms with Crippen LogP contribution in [0.25, 0.3) is 0 Å². The van der Waals surface area contributed by atoms with Gasteiger partial charge < -0.3 is 9.84 Å². The molecule has 3 unspecified atom stereocenters. The van der Waals surface area contributed by atoms with E-state index >= 15 is 0 Å². The summed E-state index contributed by atoms with van der Waals surface area (Å²) in [5.41, 5.74) is 0.0686. The molecule has 22 heavy (non-hydrogen) atoms. The number of hydrogen-bond donors (Lipinski definition) is 2. The SMILES string of the molecule is CC(C)(C)OC(=O)N(O)C1CC=CC1C(O)c1ccccc1. The van der Waals surface area contributed by atoms with Crippen LogP contribution in [0.2, 0.25) is 0 Å². The van der Waals surface area contributed by atoms with Crippen molar-refractivity contribution in [3.05, 3.63) is 48.0 Å². The van der Waals surface area contributed by atoms with E-state index in [1.54, 1.807) is 20.8 Å². The van der Waals surface area contributed by atoms with Crippen molar-refractivity contribution in [3.63, 3.8) is 0 Å². The number of rotatable bonds is 3. The zero-order valence-electron chi connectivity index (χ0n) is 13.1. The smallest absolute Gasteiger partial charge is 0.434 e. The third-order valence-corrected chi connectivity index (χ3v) is 3.58. The van der Waals surface area contributed by atoms with E-state index in [1.165, 1.54) is 0 Å². The molecule has 1 aromatic carbocycles. The third kappa shape index (κ3) is 3.87. The Hall–Kier alpha value is -1.85. The van der Waals surface area contributed by atoms with Crippen molar-refractivity contribution in [2.75, 3.05) is 0 Å². The summed E-state index contributed by atoms with van der Waals surface area (Å²) in [6.07, 6.45) is 2.57. The summed E-state index contributed by atoms with van der Waals surface area (Å²) >= 11 is 0. The number of nitrogens with zero attached hydrogens (tertiary/aromatic N) is 1. The number of amides is 1. The van der Waals surface area contributed by atoms with Crippen molar-refractivity contribution >= 4 is 6.09 Å². The first-order chi connectivity index (χ1) is 10.3. The summed E-state index contributed by atoms with van der Waals surface area (Å²) < 4.78 is 5.17. The number of carbonyl (C=O) groups is 1. The topological polar surface area (TPSA) is 70.0 Å². The first kappa shape index (κ1) is 16.5. The molecule has 1 aromatic rings. The predicted molar refractivity (Wildman–Crippen MR) is 82.3 cm³/mol. The highest BCUT2D eigenvalue weighted by Gasteiger charge is 2.37. The lowest BCUT2D eigenvalue weighted by Crippen LogP contribution is -2.44. The molecule has 2 N–H and O–H groups in total. The molecule has 5 nitrogen and oxygen atoms in total. The first-order valence-electron chi connectivity index (χ1n) is 7.40. The van der Waals surface area contributed by atoms with Crippen LogP contribution in [-0.2, 0) is 4.74 Å². The predicted octanol–water partition coefficient (Wildman–Crippen LogP) is 3.29. The summed E-state index contributed by atoms with van der Waals surface area (Å²) in [5, 5.41) is 21.3. The molecule has 2 rings (SSSR count). The fraction of sp³-hybridized carbons (Fsp3) is 0.471. The second kappa shape index (κ2) is 6.50. The molecule has 1 aliphatic carbocycles. The molecular formula is C17H23NO4. The molecule has 1 amide bonds. The number of ether oxygens (including phenoxy) is 1. The maximum Gasteiger partial charge on any atom is 0.434 e. The Morgan fingerprint density at radius 2 is 1.95 bits per heavy atom. The molecule has 0 heterocycles. The molecule has 0 radical (unpaired) electrons. The van der Waals surface area contributed by atoms with Crippen LogP contribution in [0.4, 0.5) is 4.79 Å². The van der Waals surface area contributed by atoms with Gasteiger partial charge in [-0.15, -0.1) is 0 Å². The molecule has 0 spiro atoms. The number of hydrogen-bond acceptors (Lipinski definition) is 4. The molecule has 0 bridgehead atoms. The molecule has 0 aromatic heterocycles. The zero-order chi connectivity index (χ0) is 16.3. The van der Waals surface area contributed by atoms with Crippen molar-refractivity contribution in [2.24, 2.45) is 5.92 Å². The highest BCUT2D eigenvalue weighted by atomic mass is 16.6. The van der Waals surface area contributed by atoms with Gasteiger partial charge in [-0.05, 0) is 32.8 Å². The monoisotopic (exact) mass is 305 g/mol. The summed E-state index contributed by atoms with van der Waals surface area (Å²) in [4.78, 5) is 12.0. The Bertz CT molecular complexity index is 535. The van der Waals surface area contributed by atoms with Gasteiger partial charge in [0.2, 0.25) is 0 Å². The largest absolute Gasteiger partial charge is 0.442 e. The number of hydroxylamine groups is 2. The Morgan fingerprint density at radius 3 is 2.55 bits per heavy atom. The van der Waals surface area contributed by atoms with Crippen LogP contribution in [-0.4, -0.2) is 33.1 Å². The fourth-order valence-corrected chi connectivity index (χ4v) is 2.56. The van der Waals surface area contributed by atoms with Gasteiger partial charge in [0.05, 0.1) is 12.1 Å². The first-order valence-corrected chi connectivity index (χ1v) is 7.40. The lowest BCUT2D eigenvalue weighted by molar-refractivity contribution is -0.133. The minimum atomic E-state index is -0.800. The van der Waals surface area contributed by atoms with Crippen LogP contribution >= 0.6 is 0 Å². The average molecular weight is 305 g/mol. The van der Waals surface area contributed by atoms with Gasteiger partial charge in [-0.1, -0.05) is 42.5 Å². The fourth-order valence-electron chi connectivity index (χ4n) is 2.56. The number of benzene rings is 1. The molecule has 0 saturated carbocycles. The van der Waals surface area contributed by atoms with Crippen LogP contribution < -0.4 is 0 Å². The lowest BCUT2D eigenvalue weighted by atomic mass is 9.91. The molecule has 1 aliphatic rings. The quantitative estimate of drug-likeness (QED) is 0.511. The second-order valence-electron chi connectivity index (χ2n) is 6.49. The number of aliphatic hydroxyl groups is 1. The van der Waals surface area contributed by atoms with Gasteiger partial charge in [0.25, 0.3) is 0 Å². The molecule has 120 valence electrons. The summed E-state index contributed by atoms with van der Waals surface area (Å²) in [5.74, 6) is -0.375. The Morgan fingerprint density at radius 1 is 1.32 bits per heavy atom. The van der Waals surface area contributed by atoms with Gasteiger partial charge in [-0.25, -0.2) is 4.79 Å². The minimum absolute atomic E-state index is 0.375. The van der Waals surface area contributed by atoms with Crippen LogP contribution in [0.3, 0.4) is 0 Å². The van der Waals surface area contributed by atoms with E-state index in [2.05, 4.69) is 0 Å². The van der Waals surface area contributed by atoms with Gasteiger partial charge in [0.1, 0.15) is 5.60 Å². The van der Waals surface area contributed by atoms with E-state index < -0.39 is 23.8 Å². The Labute approximate surface area is 130 Å². The van der Waals surface area contributed by atoms with Gasteiger partial charge in [0, 0.05) is 5.92 Å². The third-order valence-electron chi connectivity index (χ3n) is 3.58. The molecule has 3 atom stereocenters. The minimum Gasteiger partial charge on any atom is -0.442 e. The highest BCUT2D eigenvalue weighted by molar-refractivity contribution is 5.67. The van der Waals surface area contributed by atoms with Crippen molar-refractivity contribution in [1.82, 2.24) is 5.06 Å². The van der Waals surface area contributed by atoms with E-state index in [9.17, 15) is 15.1 Å². The van der Waals surface area contributed by atoms with Gasteiger partial charge in [-0.2, -0.15) is 5.06 Å². The summed E-state index contributed by atoms with van der Waals surface area (Å²) in [7, 11) is 0. The molecule has 0 fully saturated rings. The zero-order valence-corrected chi connectivity index (χ0v) is 13.1. The average Bonchev–Trinajstić information content (AvgIpc) is 2.94. The van der Waals surface area contributed by atoms with Crippen LogP contribution in [0.5, 0.6) is 0 Å². The van der Waals surface area contributed by atoms with Gasteiger partial charge >= 0.3 is 6.09 Å². The second-order valence-corrected chi connectivity index (χ2v) is 6.49. The summed E-state index contributed by atoms with van der Waals surface area (Å²) in [6.45, 7) is 5.21. The van der Waals surface area contributed by atoms with E-state index in [-0.39, 0.29) is 5.92 Å². The van der Waals surface area contributed by atoms with Crippen molar-refractivity contribution in [3.8, 4) is 0 Å².